The van der Waals surface area contributed by atoms with Crippen LogP contribution in [0.2, 0.25) is 0 Å². The lowest BCUT2D eigenvalue weighted by atomic mass is 9.68. The second kappa shape index (κ2) is 6.93. The highest BCUT2D eigenvalue weighted by atomic mass is 16.5. The van der Waals surface area contributed by atoms with Crippen LogP contribution in [0.4, 0.5) is 0 Å². The van der Waals surface area contributed by atoms with Gasteiger partial charge >= 0.3 is 5.97 Å². The van der Waals surface area contributed by atoms with Crippen LogP contribution >= 0.6 is 0 Å². The van der Waals surface area contributed by atoms with Crippen LogP contribution in [0.15, 0.2) is 24.3 Å². The van der Waals surface area contributed by atoms with E-state index < -0.39 is 5.97 Å². The number of hydrogen-bond acceptors (Lipinski definition) is 3. The second-order valence-corrected chi connectivity index (χ2v) is 7.18. The summed E-state index contributed by atoms with van der Waals surface area (Å²) in [7, 11) is 1.66. The number of carboxylic acids is 1. The minimum atomic E-state index is -0.897. The van der Waals surface area contributed by atoms with Crippen LogP contribution in [0, 0.1) is 11.3 Å². The lowest BCUT2D eigenvalue weighted by Gasteiger charge is -2.42. The number of benzene rings is 1. The molecule has 1 N–H and O–H groups in total. The van der Waals surface area contributed by atoms with Crippen LogP contribution < -0.4 is 0 Å². The zero-order valence-corrected chi connectivity index (χ0v) is 14.2. The van der Waals surface area contributed by atoms with Crippen molar-refractivity contribution in [2.24, 2.45) is 11.3 Å². The van der Waals surface area contributed by atoms with E-state index in [1.165, 1.54) is 0 Å². The molecule has 3 rings (SSSR count). The number of rotatable bonds is 6. The molecule has 1 aromatic carbocycles. The third kappa shape index (κ3) is 3.31. The lowest BCUT2D eigenvalue weighted by Crippen LogP contribution is -2.49. The van der Waals surface area contributed by atoms with Crippen LogP contribution in [0.25, 0.3) is 0 Å². The molecule has 0 spiro atoms. The number of hydrogen-bond donors (Lipinski definition) is 1. The Balaban J connectivity index is 1.60. The number of carbonyl (C=O) groups is 2. The molecule has 5 heteroatoms. The van der Waals surface area contributed by atoms with Crippen molar-refractivity contribution in [1.82, 2.24) is 4.90 Å². The standard InChI is InChI=1S/C19H25NO4/c1-24-13-19(7-3-8-19)18(23)20-9-6-15(12-20)10-14-4-2-5-16(11-14)17(21)22/h2,4-5,11,15H,3,6-10,12-13H2,1H3,(H,21,22). The molecule has 1 aromatic rings. The Morgan fingerprint density at radius 3 is 2.79 bits per heavy atom. The maximum atomic E-state index is 12.8. The Hall–Kier alpha value is -1.88. The zero-order valence-electron chi connectivity index (χ0n) is 14.2. The molecule has 5 nitrogen and oxygen atoms in total. The first kappa shape index (κ1) is 17.0. The summed E-state index contributed by atoms with van der Waals surface area (Å²) in [4.78, 5) is 25.9. The van der Waals surface area contributed by atoms with Gasteiger partial charge in [0.25, 0.3) is 0 Å². The molecule has 2 aliphatic rings. The third-order valence-corrected chi connectivity index (χ3v) is 5.46. The summed E-state index contributed by atoms with van der Waals surface area (Å²) in [5.74, 6) is -0.248. The molecule has 1 saturated heterocycles. The summed E-state index contributed by atoms with van der Waals surface area (Å²) in [6.07, 6.45) is 4.77. The molecule has 1 aliphatic heterocycles. The number of ether oxygens (including phenoxy) is 1. The van der Waals surface area contributed by atoms with Crippen molar-refractivity contribution in [3.8, 4) is 0 Å². The highest BCUT2D eigenvalue weighted by molar-refractivity contribution is 5.87. The Labute approximate surface area is 142 Å². The van der Waals surface area contributed by atoms with Gasteiger partial charge in [-0.2, -0.15) is 0 Å². The van der Waals surface area contributed by atoms with Gasteiger partial charge in [-0.1, -0.05) is 18.6 Å². The molecule has 0 aromatic heterocycles. The molecule has 1 saturated carbocycles. The van der Waals surface area contributed by atoms with Gasteiger partial charge in [0.2, 0.25) is 5.91 Å². The van der Waals surface area contributed by atoms with Crippen LogP contribution in [0.3, 0.4) is 0 Å². The summed E-state index contributed by atoms with van der Waals surface area (Å²) in [5, 5.41) is 9.09. The number of amides is 1. The molecule has 1 atom stereocenters. The summed E-state index contributed by atoms with van der Waals surface area (Å²) < 4.78 is 5.28. The smallest absolute Gasteiger partial charge is 0.335 e. The summed E-state index contributed by atoms with van der Waals surface area (Å²) in [6, 6.07) is 7.11. The number of carbonyl (C=O) groups excluding carboxylic acids is 1. The molecule has 130 valence electrons. The van der Waals surface area contributed by atoms with Crippen molar-refractivity contribution in [1.29, 1.82) is 0 Å². The monoisotopic (exact) mass is 331 g/mol. The van der Waals surface area contributed by atoms with Crippen molar-refractivity contribution in [3.63, 3.8) is 0 Å². The van der Waals surface area contributed by atoms with Crippen molar-refractivity contribution in [2.45, 2.75) is 32.1 Å². The van der Waals surface area contributed by atoms with Gasteiger partial charge in [-0.3, -0.25) is 4.79 Å². The van der Waals surface area contributed by atoms with E-state index in [2.05, 4.69) is 0 Å². The minimum absolute atomic E-state index is 0.248. The van der Waals surface area contributed by atoms with E-state index in [0.29, 0.717) is 18.1 Å². The van der Waals surface area contributed by atoms with E-state index in [-0.39, 0.29) is 11.3 Å². The van der Waals surface area contributed by atoms with Crippen molar-refractivity contribution in [2.75, 3.05) is 26.8 Å². The van der Waals surface area contributed by atoms with Gasteiger partial charge < -0.3 is 14.7 Å². The van der Waals surface area contributed by atoms with Gasteiger partial charge in [0.05, 0.1) is 17.6 Å². The third-order valence-electron chi connectivity index (χ3n) is 5.46. The molecular formula is C19H25NO4. The fourth-order valence-corrected chi connectivity index (χ4v) is 3.98. The van der Waals surface area contributed by atoms with Crippen molar-refractivity contribution in [3.05, 3.63) is 35.4 Å². The normalized spacial score (nSPS) is 22.2. The van der Waals surface area contributed by atoms with Gasteiger partial charge in [0.15, 0.2) is 0 Å². The molecule has 2 fully saturated rings. The molecule has 24 heavy (non-hydrogen) atoms. The number of nitrogens with zero attached hydrogens (tertiary/aromatic N) is 1. The number of methoxy groups -OCH3 is 1. The zero-order chi connectivity index (χ0) is 17.2. The highest BCUT2D eigenvalue weighted by Gasteiger charge is 2.47. The van der Waals surface area contributed by atoms with E-state index in [0.717, 1.165) is 50.8 Å². The molecule has 0 bridgehead atoms. The van der Waals surface area contributed by atoms with Crippen molar-refractivity contribution < 1.29 is 19.4 Å². The number of likely N-dealkylation sites (tertiary alicyclic amines) is 1. The first-order valence-corrected chi connectivity index (χ1v) is 8.65. The quantitative estimate of drug-likeness (QED) is 0.870. The first-order chi connectivity index (χ1) is 11.5. The average molecular weight is 331 g/mol. The Morgan fingerprint density at radius 1 is 1.38 bits per heavy atom. The summed E-state index contributed by atoms with van der Waals surface area (Å²) in [5.41, 5.74) is 1.07. The van der Waals surface area contributed by atoms with E-state index in [1.807, 2.05) is 11.0 Å². The maximum absolute atomic E-state index is 12.8. The number of aromatic carboxylic acids is 1. The summed E-state index contributed by atoms with van der Waals surface area (Å²) in [6.45, 7) is 2.09. The Morgan fingerprint density at radius 2 is 2.17 bits per heavy atom. The largest absolute Gasteiger partial charge is 0.478 e. The van der Waals surface area contributed by atoms with E-state index in [1.54, 1.807) is 25.3 Å². The maximum Gasteiger partial charge on any atom is 0.335 e. The fraction of sp³-hybridized carbons (Fsp3) is 0.579. The Bertz CT molecular complexity index is 624. The topological polar surface area (TPSA) is 66.8 Å². The second-order valence-electron chi connectivity index (χ2n) is 7.18. The SMILES string of the molecule is COCC1(C(=O)N2CCC(Cc3cccc(C(=O)O)c3)C2)CCC1. The molecule has 1 aliphatic carbocycles. The van der Waals surface area contributed by atoms with Crippen LogP contribution in [0.1, 0.15) is 41.6 Å². The summed E-state index contributed by atoms with van der Waals surface area (Å²) >= 11 is 0. The molecule has 0 radical (unpaired) electrons. The van der Waals surface area contributed by atoms with Crippen molar-refractivity contribution >= 4 is 11.9 Å². The minimum Gasteiger partial charge on any atom is -0.478 e. The van der Waals surface area contributed by atoms with Gasteiger partial charge in [0, 0.05) is 20.2 Å². The van der Waals surface area contributed by atoms with Crippen LogP contribution in [0.5, 0.6) is 0 Å². The molecule has 1 heterocycles. The predicted octanol–water partition coefficient (Wildman–Crippen LogP) is 2.59. The predicted molar refractivity (Wildman–Crippen MR) is 90.0 cm³/mol. The number of carboxylic acid groups (broad SMARTS) is 1. The molecule has 1 unspecified atom stereocenters. The first-order valence-electron chi connectivity index (χ1n) is 8.65. The van der Waals surface area contributed by atoms with Gasteiger partial charge in [-0.15, -0.1) is 0 Å². The van der Waals surface area contributed by atoms with E-state index in [4.69, 9.17) is 9.84 Å². The van der Waals surface area contributed by atoms with E-state index in [9.17, 15) is 9.59 Å². The van der Waals surface area contributed by atoms with Gasteiger partial charge in [-0.25, -0.2) is 4.79 Å². The van der Waals surface area contributed by atoms with Gasteiger partial charge in [0.1, 0.15) is 0 Å². The van der Waals surface area contributed by atoms with Crippen LogP contribution in [-0.2, 0) is 16.0 Å². The fourth-order valence-electron chi connectivity index (χ4n) is 3.98. The molecular weight excluding hydrogens is 306 g/mol. The van der Waals surface area contributed by atoms with Gasteiger partial charge in [-0.05, 0) is 49.3 Å². The molecule has 1 amide bonds. The average Bonchev–Trinajstić information content (AvgIpc) is 2.99. The highest BCUT2D eigenvalue weighted by Crippen LogP contribution is 2.43. The Kier molecular flexibility index (Phi) is 4.90. The van der Waals surface area contributed by atoms with E-state index >= 15 is 0 Å². The lowest BCUT2D eigenvalue weighted by molar-refractivity contribution is -0.151. The van der Waals surface area contributed by atoms with Crippen LogP contribution in [-0.4, -0.2) is 48.7 Å².